The van der Waals surface area contributed by atoms with Crippen molar-refractivity contribution >= 4 is 22.6 Å². The highest BCUT2D eigenvalue weighted by molar-refractivity contribution is 6.33. The summed E-state index contributed by atoms with van der Waals surface area (Å²) >= 11 is 6.21. The highest BCUT2D eigenvalue weighted by atomic mass is 35.5. The van der Waals surface area contributed by atoms with Gasteiger partial charge in [-0.2, -0.15) is 5.26 Å². The number of hydrogen-bond acceptors (Lipinski definition) is 2. The Hall–Kier alpha value is -1.46. The van der Waals surface area contributed by atoms with Crippen LogP contribution in [0, 0.1) is 25.2 Å². The molecule has 0 fully saturated rings. The van der Waals surface area contributed by atoms with Crippen molar-refractivity contribution in [2.75, 3.05) is 0 Å². The molecule has 2 aromatic rings. The normalized spacial score (nSPS) is 10.7. The van der Waals surface area contributed by atoms with Gasteiger partial charge in [0.1, 0.15) is 11.7 Å². The smallest absolute Gasteiger partial charge is 0.207 e. The minimum Gasteiger partial charge on any atom is -0.445 e. The van der Waals surface area contributed by atoms with Gasteiger partial charge < -0.3 is 4.42 Å². The molecule has 0 radical (unpaired) electrons. The Morgan fingerprint density at radius 1 is 1.44 bits per heavy atom. The number of nitriles is 1. The molecule has 0 bridgehead atoms. The molecular weight excluding hydrogens is 222 g/mol. The van der Waals surface area contributed by atoms with Gasteiger partial charge in [-0.25, -0.2) is 0 Å². The number of nitrogens with zero attached hydrogens (tertiary/aromatic N) is 1. The van der Waals surface area contributed by atoms with E-state index in [9.17, 15) is 0 Å². The van der Waals surface area contributed by atoms with E-state index in [1.54, 1.807) is 0 Å². The Balaban J connectivity index is 2.96. The standard InChI is InChI=1S/C13H12ClNO/c1-4-9-11(6-15)16-10-5-7(2)13(14)8(3)12(9)10/h5H,4H2,1-3H3. The SMILES string of the molecule is CCc1c(C#N)oc2cc(C)c(Cl)c(C)c12. The van der Waals surface area contributed by atoms with Crippen LogP contribution >= 0.6 is 11.6 Å². The van der Waals surface area contributed by atoms with E-state index >= 15 is 0 Å². The van der Waals surface area contributed by atoms with E-state index in [1.165, 1.54) is 0 Å². The first-order valence-corrected chi connectivity index (χ1v) is 5.59. The van der Waals surface area contributed by atoms with Crippen LogP contribution in [0.5, 0.6) is 0 Å². The summed E-state index contributed by atoms with van der Waals surface area (Å²) in [5.74, 6) is 0.405. The van der Waals surface area contributed by atoms with Crippen molar-refractivity contribution in [2.24, 2.45) is 0 Å². The zero-order valence-electron chi connectivity index (χ0n) is 9.52. The Bertz CT molecular complexity index is 605. The summed E-state index contributed by atoms with van der Waals surface area (Å²) in [5, 5.41) is 10.8. The van der Waals surface area contributed by atoms with E-state index in [0.29, 0.717) is 5.76 Å². The number of aryl methyl sites for hydroxylation is 3. The molecule has 0 aliphatic heterocycles. The van der Waals surface area contributed by atoms with Gasteiger partial charge in [0.05, 0.1) is 0 Å². The molecule has 0 spiro atoms. The maximum absolute atomic E-state index is 9.00. The van der Waals surface area contributed by atoms with Crippen molar-refractivity contribution in [1.82, 2.24) is 0 Å². The third kappa shape index (κ3) is 1.40. The minimum absolute atomic E-state index is 0.405. The van der Waals surface area contributed by atoms with E-state index in [2.05, 4.69) is 6.07 Å². The van der Waals surface area contributed by atoms with Gasteiger partial charge in [-0.05, 0) is 37.5 Å². The number of furan rings is 1. The molecule has 0 saturated heterocycles. The maximum atomic E-state index is 9.00. The monoisotopic (exact) mass is 233 g/mol. The van der Waals surface area contributed by atoms with E-state index in [1.807, 2.05) is 26.8 Å². The molecule has 0 aliphatic carbocycles. The summed E-state index contributed by atoms with van der Waals surface area (Å²) in [6.45, 7) is 5.92. The molecule has 0 amide bonds. The predicted molar refractivity (Wildman–Crippen MR) is 64.8 cm³/mol. The zero-order valence-corrected chi connectivity index (χ0v) is 10.3. The number of rotatable bonds is 1. The molecule has 0 N–H and O–H groups in total. The van der Waals surface area contributed by atoms with Gasteiger partial charge in [-0.1, -0.05) is 18.5 Å². The predicted octanol–water partition coefficient (Wildman–Crippen LogP) is 4.14. The average molecular weight is 234 g/mol. The summed E-state index contributed by atoms with van der Waals surface area (Å²) in [4.78, 5) is 0. The number of halogens is 1. The van der Waals surface area contributed by atoms with Crippen molar-refractivity contribution in [2.45, 2.75) is 27.2 Å². The molecule has 1 aromatic carbocycles. The molecule has 0 unspecified atom stereocenters. The van der Waals surface area contributed by atoms with E-state index in [-0.39, 0.29) is 0 Å². The van der Waals surface area contributed by atoms with Crippen LogP contribution in [-0.4, -0.2) is 0 Å². The molecule has 2 nitrogen and oxygen atoms in total. The molecule has 1 heterocycles. The average Bonchev–Trinajstić information content (AvgIpc) is 2.63. The quantitative estimate of drug-likeness (QED) is 0.742. The summed E-state index contributed by atoms with van der Waals surface area (Å²) in [5.41, 5.74) is 3.69. The van der Waals surface area contributed by atoms with Crippen LogP contribution in [0.15, 0.2) is 10.5 Å². The lowest BCUT2D eigenvalue weighted by Crippen LogP contribution is -1.86. The first kappa shape index (κ1) is 11.0. The molecule has 82 valence electrons. The molecule has 3 heteroatoms. The van der Waals surface area contributed by atoms with Crippen LogP contribution in [0.4, 0.5) is 0 Å². The van der Waals surface area contributed by atoms with Crippen LogP contribution in [0.2, 0.25) is 5.02 Å². The highest BCUT2D eigenvalue weighted by Crippen LogP contribution is 2.34. The van der Waals surface area contributed by atoms with Gasteiger partial charge in [-0.15, -0.1) is 0 Å². The zero-order chi connectivity index (χ0) is 11.9. The number of fused-ring (bicyclic) bond motifs is 1. The van der Waals surface area contributed by atoms with Gasteiger partial charge in [0.15, 0.2) is 0 Å². The Morgan fingerprint density at radius 3 is 2.69 bits per heavy atom. The topological polar surface area (TPSA) is 36.9 Å². The molecular formula is C13H12ClNO. The first-order valence-electron chi connectivity index (χ1n) is 5.21. The van der Waals surface area contributed by atoms with Crippen molar-refractivity contribution in [3.05, 3.63) is 33.5 Å². The van der Waals surface area contributed by atoms with Gasteiger partial charge in [-0.3, -0.25) is 0 Å². The summed E-state index contributed by atoms with van der Waals surface area (Å²) < 4.78 is 5.54. The second kappa shape index (κ2) is 3.84. The fourth-order valence-corrected chi connectivity index (χ4v) is 2.24. The third-order valence-electron chi connectivity index (χ3n) is 2.89. The lowest BCUT2D eigenvalue weighted by atomic mass is 10.0. The van der Waals surface area contributed by atoms with Crippen molar-refractivity contribution in [1.29, 1.82) is 5.26 Å². The molecule has 1 aromatic heterocycles. The highest BCUT2D eigenvalue weighted by Gasteiger charge is 2.17. The summed E-state index contributed by atoms with van der Waals surface area (Å²) in [6, 6.07) is 3.99. The molecule has 16 heavy (non-hydrogen) atoms. The van der Waals surface area contributed by atoms with Crippen LogP contribution in [0.25, 0.3) is 11.0 Å². The summed E-state index contributed by atoms with van der Waals surface area (Å²) in [7, 11) is 0. The number of hydrogen-bond donors (Lipinski definition) is 0. The van der Waals surface area contributed by atoms with Gasteiger partial charge in [0, 0.05) is 16.0 Å². The minimum atomic E-state index is 0.405. The largest absolute Gasteiger partial charge is 0.445 e. The second-order valence-corrected chi connectivity index (χ2v) is 4.26. The van der Waals surface area contributed by atoms with Gasteiger partial charge in [0.25, 0.3) is 0 Å². The van der Waals surface area contributed by atoms with Crippen LogP contribution in [0.1, 0.15) is 29.4 Å². The number of benzene rings is 1. The second-order valence-electron chi connectivity index (χ2n) is 3.88. The first-order chi connectivity index (χ1) is 7.60. The van der Waals surface area contributed by atoms with E-state index in [4.69, 9.17) is 21.3 Å². The van der Waals surface area contributed by atoms with Crippen LogP contribution in [-0.2, 0) is 6.42 Å². The lowest BCUT2D eigenvalue weighted by Gasteiger charge is -2.04. The fourth-order valence-electron chi connectivity index (χ4n) is 2.09. The van der Waals surface area contributed by atoms with Gasteiger partial charge in [0.2, 0.25) is 5.76 Å². The summed E-state index contributed by atoms with van der Waals surface area (Å²) in [6.07, 6.45) is 0.774. The van der Waals surface area contributed by atoms with Crippen LogP contribution < -0.4 is 0 Å². The molecule has 0 aliphatic rings. The third-order valence-corrected chi connectivity index (χ3v) is 3.47. The molecule has 2 rings (SSSR count). The fraction of sp³-hybridized carbons (Fsp3) is 0.308. The molecule has 0 atom stereocenters. The van der Waals surface area contributed by atoms with Crippen molar-refractivity contribution in [3.8, 4) is 6.07 Å². The van der Waals surface area contributed by atoms with Crippen molar-refractivity contribution in [3.63, 3.8) is 0 Å². The van der Waals surface area contributed by atoms with E-state index < -0.39 is 0 Å². The Labute approximate surface area is 99.4 Å². The van der Waals surface area contributed by atoms with Crippen LogP contribution in [0.3, 0.4) is 0 Å². The van der Waals surface area contributed by atoms with Crippen molar-refractivity contribution < 1.29 is 4.42 Å². The van der Waals surface area contributed by atoms with Gasteiger partial charge >= 0.3 is 0 Å². The Kier molecular flexibility index (Phi) is 2.65. The Morgan fingerprint density at radius 2 is 2.12 bits per heavy atom. The van der Waals surface area contributed by atoms with E-state index in [0.717, 1.165) is 39.1 Å². The maximum Gasteiger partial charge on any atom is 0.207 e. The lowest BCUT2D eigenvalue weighted by molar-refractivity contribution is 0.594. The molecule has 0 saturated carbocycles.